The van der Waals surface area contributed by atoms with Gasteiger partial charge in [-0.1, -0.05) is 55.0 Å². The van der Waals surface area contributed by atoms with Crippen LogP contribution in [0.25, 0.3) is 0 Å². The monoisotopic (exact) mass is 539 g/mol. The van der Waals surface area contributed by atoms with Crippen LogP contribution in [0.4, 0.5) is 10.1 Å². The first-order chi connectivity index (χ1) is 18.0. The van der Waals surface area contributed by atoms with Crippen LogP contribution in [0, 0.1) is 12.7 Å². The van der Waals surface area contributed by atoms with Crippen molar-refractivity contribution < 1.29 is 22.4 Å². The minimum Gasteiger partial charge on any atom is -0.352 e. The van der Waals surface area contributed by atoms with Crippen LogP contribution in [0.5, 0.6) is 0 Å². The molecule has 0 heterocycles. The number of rotatable bonds is 11. The van der Waals surface area contributed by atoms with Crippen molar-refractivity contribution in [2.45, 2.75) is 57.6 Å². The molecule has 2 atom stereocenters. The standard InChI is InChI=1S/C29H34FN3O4S/c1-5-22(3)31-29(35)23(4)32(19-24-13-11-21(2)12-14-24)28(34)20-33(26-9-7-6-8-10-26)38(36,37)27-17-15-25(30)16-18-27/h6-18,22-23H,5,19-20H2,1-4H3,(H,31,35)/t22-,23-/m0/s1. The number of benzene rings is 3. The quantitative estimate of drug-likeness (QED) is 0.384. The lowest BCUT2D eigenvalue weighted by atomic mass is 10.1. The van der Waals surface area contributed by atoms with E-state index in [4.69, 9.17) is 0 Å². The Hall–Kier alpha value is -3.72. The second-order valence-corrected chi connectivity index (χ2v) is 11.2. The number of para-hydroxylation sites is 1. The summed E-state index contributed by atoms with van der Waals surface area (Å²) in [7, 11) is -4.23. The maximum absolute atomic E-state index is 13.8. The third-order valence-electron chi connectivity index (χ3n) is 6.37. The number of carbonyl (C=O) groups excluding carboxylic acids is 2. The number of halogens is 1. The van der Waals surface area contributed by atoms with Crippen molar-refractivity contribution >= 4 is 27.5 Å². The molecule has 1 N–H and O–H groups in total. The average Bonchev–Trinajstić information content (AvgIpc) is 2.91. The van der Waals surface area contributed by atoms with Crippen LogP contribution in [0.3, 0.4) is 0 Å². The highest BCUT2D eigenvalue weighted by Gasteiger charge is 2.32. The molecule has 7 nitrogen and oxygen atoms in total. The summed E-state index contributed by atoms with van der Waals surface area (Å²) in [5.41, 5.74) is 2.13. The van der Waals surface area contributed by atoms with E-state index >= 15 is 0 Å². The molecule has 0 radical (unpaired) electrons. The maximum Gasteiger partial charge on any atom is 0.264 e. The number of nitrogens with zero attached hydrogens (tertiary/aromatic N) is 2. The molecule has 38 heavy (non-hydrogen) atoms. The Bertz CT molecular complexity index is 1330. The van der Waals surface area contributed by atoms with Crippen molar-refractivity contribution in [2.75, 3.05) is 10.8 Å². The number of sulfonamides is 1. The maximum atomic E-state index is 13.8. The van der Waals surface area contributed by atoms with Gasteiger partial charge in [-0.05, 0) is 69.2 Å². The molecule has 0 fully saturated rings. The molecular weight excluding hydrogens is 505 g/mol. The molecular formula is C29H34FN3O4S. The van der Waals surface area contributed by atoms with Gasteiger partial charge in [-0.3, -0.25) is 13.9 Å². The lowest BCUT2D eigenvalue weighted by molar-refractivity contribution is -0.139. The fraction of sp³-hybridized carbons (Fsp3) is 0.310. The van der Waals surface area contributed by atoms with Gasteiger partial charge in [-0.15, -0.1) is 0 Å². The van der Waals surface area contributed by atoms with Crippen molar-refractivity contribution in [2.24, 2.45) is 0 Å². The van der Waals surface area contributed by atoms with E-state index in [0.717, 1.165) is 46.1 Å². The number of aryl methyl sites for hydroxylation is 1. The molecule has 202 valence electrons. The number of hydrogen-bond acceptors (Lipinski definition) is 4. The first-order valence-corrected chi connectivity index (χ1v) is 14.0. The molecule has 0 saturated carbocycles. The summed E-state index contributed by atoms with van der Waals surface area (Å²) < 4.78 is 41.8. The Morgan fingerprint density at radius 2 is 1.53 bits per heavy atom. The van der Waals surface area contributed by atoms with E-state index < -0.39 is 34.3 Å². The summed E-state index contributed by atoms with van der Waals surface area (Å²) in [6, 6.07) is 19.3. The molecule has 3 rings (SSSR count). The predicted octanol–water partition coefficient (Wildman–Crippen LogP) is 4.66. The van der Waals surface area contributed by atoms with Gasteiger partial charge in [0.25, 0.3) is 10.0 Å². The van der Waals surface area contributed by atoms with Gasteiger partial charge in [0.2, 0.25) is 11.8 Å². The molecule has 0 bridgehead atoms. The number of hydrogen-bond donors (Lipinski definition) is 1. The third-order valence-corrected chi connectivity index (χ3v) is 8.15. The molecule has 2 amide bonds. The summed E-state index contributed by atoms with van der Waals surface area (Å²) in [6.45, 7) is 6.98. The van der Waals surface area contributed by atoms with Crippen LogP contribution in [0.2, 0.25) is 0 Å². The topological polar surface area (TPSA) is 86.8 Å². The highest BCUT2D eigenvalue weighted by molar-refractivity contribution is 7.92. The zero-order chi connectivity index (χ0) is 27.9. The van der Waals surface area contributed by atoms with Crippen molar-refractivity contribution in [3.8, 4) is 0 Å². The van der Waals surface area contributed by atoms with Gasteiger partial charge >= 0.3 is 0 Å². The van der Waals surface area contributed by atoms with Gasteiger partial charge in [0.05, 0.1) is 10.6 Å². The van der Waals surface area contributed by atoms with Crippen LogP contribution >= 0.6 is 0 Å². The molecule has 0 unspecified atom stereocenters. The van der Waals surface area contributed by atoms with Crippen molar-refractivity contribution in [3.05, 3.63) is 95.8 Å². The summed E-state index contributed by atoms with van der Waals surface area (Å²) in [6.07, 6.45) is 0.724. The molecule has 0 saturated heterocycles. The zero-order valence-electron chi connectivity index (χ0n) is 22.1. The van der Waals surface area contributed by atoms with E-state index in [0.29, 0.717) is 0 Å². The second-order valence-electron chi connectivity index (χ2n) is 9.30. The van der Waals surface area contributed by atoms with Crippen molar-refractivity contribution in [1.29, 1.82) is 0 Å². The molecule has 0 spiro atoms. The Kier molecular flexibility index (Phi) is 9.63. The highest BCUT2D eigenvalue weighted by Crippen LogP contribution is 2.24. The lowest BCUT2D eigenvalue weighted by Crippen LogP contribution is -2.52. The SMILES string of the molecule is CC[C@H](C)NC(=O)[C@H](C)N(Cc1ccc(C)cc1)C(=O)CN(c1ccccc1)S(=O)(=O)c1ccc(F)cc1. The van der Waals surface area contributed by atoms with Crippen LogP contribution in [-0.2, 0) is 26.2 Å². The number of amides is 2. The zero-order valence-corrected chi connectivity index (χ0v) is 22.9. The summed E-state index contributed by atoms with van der Waals surface area (Å²) in [4.78, 5) is 28.1. The number of carbonyl (C=O) groups is 2. The first kappa shape index (κ1) is 28.8. The van der Waals surface area contributed by atoms with E-state index in [1.54, 1.807) is 37.3 Å². The highest BCUT2D eigenvalue weighted by atomic mass is 32.2. The van der Waals surface area contributed by atoms with E-state index in [9.17, 15) is 22.4 Å². The summed E-state index contributed by atoms with van der Waals surface area (Å²) in [5.74, 6) is -1.45. The van der Waals surface area contributed by atoms with Gasteiger partial charge < -0.3 is 10.2 Å². The first-order valence-electron chi connectivity index (χ1n) is 12.5. The van der Waals surface area contributed by atoms with E-state index in [2.05, 4.69) is 5.32 Å². The molecule has 0 aliphatic heterocycles. The summed E-state index contributed by atoms with van der Waals surface area (Å²) >= 11 is 0. The third kappa shape index (κ3) is 7.19. The van der Waals surface area contributed by atoms with Crippen LogP contribution in [0.15, 0.2) is 83.8 Å². The van der Waals surface area contributed by atoms with Gasteiger partial charge in [-0.2, -0.15) is 0 Å². The van der Waals surface area contributed by atoms with Gasteiger partial charge in [0.1, 0.15) is 18.4 Å². The largest absolute Gasteiger partial charge is 0.352 e. The minimum atomic E-state index is -4.23. The summed E-state index contributed by atoms with van der Waals surface area (Å²) in [5, 5.41) is 2.91. The van der Waals surface area contributed by atoms with E-state index in [-0.39, 0.29) is 29.1 Å². The lowest BCUT2D eigenvalue weighted by Gasteiger charge is -2.32. The Labute approximate surface area is 224 Å². The van der Waals surface area contributed by atoms with Crippen LogP contribution < -0.4 is 9.62 Å². The molecule has 0 aliphatic rings. The molecule has 9 heteroatoms. The smallest absolute Gasteiger partial charge is 0.264 e. The normalized spacial score (nSPS) is 12.9. The van der Waals surface area contributed by atoms with Gasteiger partial charge in [-0.25, -0.2) is 12.8 Å². The number of anilines is 1. The van der Waals surface area contributed by atoms with E-state index in [1.165, 1.54) is 4.90 Å². The Morgan fingerprint density at radius 3 is 2.11 bits per heavy atom. The van der Waals surface area contributed by atoms with Crippen LogP contribution in [-0.4, -0.2) is 43.8 Å². The molecule has 0 aromatic heterocycles. The fourth-order valence-electron chi connectivity index (χ4n) is 3.80. The average molecular weight is 540 g/mol. The molecule has 3 aromatic carbocycles. The molecule has 3 aromatic rings. The van der Waals surface area contributed by atoms with Gasteiger partial charge in [0.15, 0.2) is 0 Å². The Morgan fingerprint density at radius 1 is 0.921 bits per heavy atom. The van der Waals surface area contributed by atoms with Crippen LogP contribution in [0.1, 0.15) is 38.3 Å². The van der Waals surface area contributed by atoms with Crippen molar-refractivity contribution in [1.82, 2.24) is 10.2 Å². The van der Waals surface area contributed by atoms with Crippen molar-refractivity contribution in [3.63, 3.8) is 0 Å². The Balaban J connectivity index is 1.99. The molecule has 0 aliphatic carbocycles. The minimum absolute atomic E-state index is 0.0825. The van der Waals surface area contributed by atoms with Gasteiger partial charge in [0, 0.05) is 12.6 Å². The predicted molar refractivity (Wildman–Crippen MR) is 146 cm³/mol. The second kappa shape index (κ2) is 12.7. The fourth-order valence-corrected chi connectivity index (χ4v) is 5.21. The number of nitrogens with one attached hydrogen (secondary N) is 1. The van der Waals surface area contributed by atoms with E-state index in [1.807, 2.05) is 45.0 Å².